The maximum atomic E-state index is 14.2. The van der Waals surface area contributed by atoms with E-state index >= 15 is 0 Å². The van der Waals surface area contributed by atoms with Gasteiger partial charge in [-0.15, -0.1) is 0 Å². The van der Waals surface area contributed by atoms with Gasteiger partial charge in [0.05, 0.1) is 12.2 Å². The first-order valence-corrected chi connectivity index (χ1v) is 17.1. The molecule has 3 aliphatic rings. The van der Waals surface area contributed by atoms with Crippen LogP contribution in [-0.2, 0) is 28.5 Å². The van der Waals surface area contributed by atoms with E-state index < -0.39 is 127 Å². The van der Waals surface area contributed by atoms with E-state index in [2.05, 4.69) is 0 Å². The molecule has 3 aromatic rings. The zero-order chi connectivity index (χ0) is 40.0. The van der Waals surface area contributed by atoms with Gasteiger partial charge in [-0.2, -0.15) is 0 Å². The summed E-state index contributed by atoms with van der Waals surface area (Å²) in [7, 11) is 0. The number of phenolic OH excluding ortho intramolecular Hbond substituents is 2. The van der Waals surface area contributed by atoms with E-state index in [0.717, 1.165) is 19.1 Å². The number of ether oxygens (including phenoxy) is 7. The second-order valence-corrected chi connectivity index (χ2v) is 13.5. The van der Waals surface area contributed by atoms with Crippen LogP contribution in [0.15, 0.2) is 45.6 Å². The first-order valence-electron chi connectivity index (χ1n) is 17.1. The standard InChI is InChI=1S/C35H42O20/c1-11-21(39)24(42)27(45)33(49-11)51-16-8-17(38)20-18(9-16)52-30(14-4-6-15(37)7-5-14)32(23(20)41)55-35-29(47)26(44)31(19(53-35)10-48-13(3)36)54-34-28(46)25(43)22(40)12(2)50-34/h4-9,11-12,19,21-22,24-29,31,33-35,37-40,42-47H,10H2,1-3H3/t11-,12-,19+,21-,22-,24+,25+,26+,27+,28+,29+,31-,33-,34-,35-/m0/s1. The SMILES string of the molecule is CC(=O)OC[C@H]1O[C@@H](Oc2c(-c3ccc(O)cc3)oc3cc(O[C@@H]4O[C@@H](C)[C@H](O)[C@@H](O)[C@H]4O)cc(O)c3c2=O)[C@H](O)[C@@H](O)[C@H]1O[C@@H]1O[C@@H](C)[C@H](O)[C@@H](O)[C@H]1O. The zero-order valence-electron chi connectivity index (χ0n) is 29.4. The smallest absolute Gasteiger partial charge is 0.302 e. The minimum Gasteiger partial charge on any atom is -0.508 e. The maximum absolute atomic E-state index is 14.2. The van der Waals surface area contributed by atoms with Gasteiger partial charge in [-0.1, -0.05) is 0 Å². The summed E-state index contributed by atoms with van der Waals surface area (Å²) in [5.74, 6) is -2.87. The highest BCUT2D eigenvalue weighted by Crippen LogP contribution is 2.39. The molecule has 0 aliphatic carbocycles. The van der Waals surface area contributed by atoms with Crippen molar-refractivity contribution in [3.8, 4) is 34.3 Å². The topological polar surface area (TPSA) is 314 Å². The fourth-order valence-electron chi connectivity index (χ4n) is 6.38. The summed E-state index contributed by atoms with van der Waals surface area (Å²) in [6.07, 6.45) is -24.0. The number of hydrogen-bond acceptors (Lipinski definition) is 20. The number of rotatable bonds is 9. The average Bonchev–Trinajstić information content (AvgIpc) is 3.14. The van der Waals surface area contributed by atoms with Gasteiger partial charge in [0.15, 0.2) is 12.1 Å². The number of aliphatic hydroxyl groups is 8. The number of carbonyl (C=O) groups is 1. The molecular formula is C35H42O20. The molecule has 1 aromatic heterocycles. The number of aromatic hydroxyl groups is 2. The molecule has 0 amide bonds. The van der Waals surface area contributed by atoms with E-state index in [1.807, 2.05) is 0 Å². The van der Waals surface area contributed by atoms with Crippen LogP contribution >= 0.6 is 0 Å². The number of esters is 1. The Morgan fingerprint density at radius 3 is 1.89 bits per heavy atom. The Morgan fingerprint density at radius 1 is 0.709 bits per heavy atom. The van der Waals surface area contributed by atoms with Crippen molar-refractivity contribution < 1.29 is 93.4 Å². The van der Waals surface area contributed by atoms with Gasteiger partial charge in [0.25, 0.3) is 0 Å². The minimum atomic E-state index is -2.04. The molecule has 0 bridgehead atoms. The third kappa shape index (κ3) is 8.08. The van der Waals surface area contributed by atoms with Crippen LogP contribution in [0.4, 0.5) is 0 Å². The van der Waals surface area contributed by atoms with E-state index in [0.29, 0.717) is 0 Å². The molecule has 3 fully saturated rings. The van der Waals surface area contributed by atoms with Gasteiger partial charge in [-0.3, -0.25) is 9.59 Å². The number of hydrogen-bond donors (Lipinski definition) is 10. The lowest BCUT2D eigenvalue weighted by atomic mass is 9.97. The predicted octanol–water partition coefficient (Wildman–Crippen LogP) is -2.32. The van der Waals surface area contributed by atoms with E-state index in [1.54, 1.807) is 0 Å². The minimum absolute atomic E-state index is 0.122. The third-order valence-electron chi connectivity index (χ3n) is 9.52. The molecule has 20 heteroatoms. The molecule has 6 rings (SSSR count). The Balaban J connectivity index is 1.35. The number of aliphatic hydroxyl groups excluding tert-OH is 8. The van der Waals surface area contributed by atoms with Crippen molar-refractivity contribution in [1.29, 1.82) is 0 Å². The van der Waals surface area contributed by atoms with E-state index in [9.17, 15) is 60.7 Å². The first kappa shape index (κ1) is 40.5. The molecule has 0 saturated carbocycles. The third-order valence-corrected chi connectivity index (χ3v) is 9.52. The van der Waals surface area contributed by atoms with Crippen LogP contribution in [0.3, 0.4) is 0 Å². The average molecular weight is 783 g/mol. The summed E-state index contributed by atoms with van der Waals surface area (Å²) in [6.45, 7) is 3.28. The molecule has 302 valence electrons. The zero-order valence-corrected chi connectivity index (χ0v) is 29.4. The summed E-state index contributed by atoms with van der Waals surface area (Å²) in [6, 6.07) is 7.34. The van der Waals surface area contributed by atoms with Gasteiger partial charge in [-0.25, -0.2) is 0 Å². The van der Waals surface area contributed by atoms with Crippen molar-refractivity contribution in [2.75, 3.05) is 6.61 Å². The fourth-order valence-corrected chi connectivity index (χ4v) is 6.38. The monoisotopic (exact) mass is 782 g/mol. The molecule has 3 aliphatic heterocycles. The van der Waals surface area contributed by atoms with Gasteiger partial charge >= 0.3 is 5.97 Å². The van der Waals surface area contributed by atoms with E-state index in [1.165, 1.54) is 38.1 Å². The van der Waals surface area contributed by atoms with Crippen molar-refractivity contribution in [3.05, 3.63) is 46.6 Å². The molecule has 0 unspecified atom stereocenters. The van der Waals surface area contributed by atoms with Gasteiger partial charge < -0.3 is 88.6 Å². The Morgan fingerprint density at radius 2 is 1.27 bits per heavy atom. The summed E-state index contributed by atoms with van der Waals surface area (Å²) in [5.41, 5.74) is -1.21. The maximum Gasteiger partial charge on any atom is 0.302 e. The largest absolute Gasteiger partial charge is 0.508 e. The van der Waals surface area contributed by atoms with Crippen molar-refractivity contribution in [3.63, 3.8) is 0 Å². The summed E-state index contributed by atoms with van der Waals surface area (Å²) < 4.78 is 45.2. The normalized spacial score (nSPS) is 36.7. The lowest BCUT2D eigenvalue weighted by molar-refractivity contribution is -0.349. The van der Waals surface area contributed by atoms with Crippen molar-refractivity contribution >= 4 is 16.9 Å². The Labute approximate surface area is 310 Å². The fraction of sp³-hybridized carbons (Fsp3) is 0.543. The Bertz CT molecular complexity index is 1880. The quantitative estimate of drug-likeness (QED) is 0.102. The molecule has 3 saturated heterocycles. The second-order valence-electron chi connectivity index (χ2n) is 13.5. The van der Waals surface area contributed by atoms with Gasteiger partial charge in [-0.05, 0) is 38.1 Å². The number of carbonyl (C=O) groups excluding carboxylic acids is 1. The summed E-state index contributed by atoms with van der Waals surface area (Å²) >= 11 is 0. The number of fused-ring (bicyclic) bond motifs is 1. The van der Waals surface area contributed by atoms with Crippen LogP contribution in [0, 0.1) is 0 Å². The van der Waals surface area contributed by atoms with Gasteiger partial charge in [0.2, 0.25) is 23.8 Å². The molecule has 0 radical (unpaired) electrons. The first-order chi connectivity index (χ1) is 26.0. The summed E-state index contributed by atoms with van der Waals surface area (Å²) in [5, 5.41) is 105. The van der Waals surface area contributed by atoms with Gasteiger partial charge in [0, 0.05) is 24.6 Å². The molecule has 4 heterocycles. The molecule has 55 heavy (non-hydrogen) atoms. The van der Waals surface area contributed by atoms with Crippen LogP contribution in [0.1, 0.15) is 20.8 Å². The highest BCUT2D eigenvalue weighted by atomic mass is 16.7. The molecule has 15 atom stereocenters. The molecular weight excluding hydrogens is 740 g/mol. The van der Waals surface area contributed by atoms with Gasteiger partial charge in [0.1, 0.15) is 95.9 Å². The van der Waals surface area contributed by atoms with E-state index in [4.69, 9.17) is 37.6 Å². The van der Waals surface area contributed by atoms with Crippen LogP contribution in [-0.4, -0.2) is 156 Å². The number of phenols is 2. The van der Waals surface area contributed by atoms with Crippen LogP contribution < -0.4 is 14.9 Å². The summed E-state index contributed by atoms with van der Waals surface area (Å²) in [4.78, 5) is 25.9. The number of benzene rings is 2. The Hall–Kier alpha value is -4.16. The van der Waals surface area contributed by atoms with E-state index in [-0.39, 0.29) is 28.4 Å². The van der Waals surface area contributed by atoms with Crippen LogP contribution in [0.2, 0.25) is 0 Å². The molecule has 2 aromatic carbocycles. The molecule has 0 spiro atoms. The highest BCUT2D eigenvalue weighted by molar-refractivity contribution is 5.88. The van der Waals surface area contributed by atoms with Crippen LogP contribution in [0.25, 0.3) is 22.3 Å². The van der Waals surface area contributed by atoms with Crippen molar-refractivity contribution in [1.82, 2.24) is 0 Å². The lowest BCUT2D eigenvalue weighted by Crippen LogP contribution is -2.64. The second kappa shape index (κ2) is 16.1. The lowest BCUT2D eigenvalue weighted by Gasteiger charge is -2.45. The van der Waals surface area contributed by atoms with Crippen molar-refractivity contribution in [2.24, 2.45) is 0 Å². The Kier molecular flexibility index (Phi) is 11.9. The van der Waals surface area contributed by atoms with Crippen molar-refractivity contribution in [2.45, 2.75) is 113 Å². The molecule has 20 nitrogen and oxygen atoms in total. The van der Waals surface area contributed by atoms with Crippen LogP contribution in [0.5, 0.6) is 23.0 Å². The molecule has 10 N–H and O–H groups in total. The highest BCUT2D eigenvalue weighted by Gasteiger charge is 2.51. The predicted molar refractivity (Wildman–Crippen MR) is 179 cm³/mol.